The molecule has 9 nitrogen and oxygen atoms in total. The lowest BCUT2D eigenvalue weighted by Crippen LogP contribution is -2.50. The summed E-state index contributed by atoms with van der Waals surface area (Å²) in [6.07, 6.45) is 0.771. The second-order valence-corrected chi connectivity index (χ2v) is 9.06. The van der Waals surface area contributed by atoms with Crippen LogP contribution in [0.2, 0.25) is 0 Å². The lowest BCUT2D eigenvalue weighted by atomic mass is 10.1. The highest BCUT2D eigenvalue weighted by molar-refractivity contribution is 7.89. The Hall–Kier alpha value is -2.20. The molecule has 1 aliphatic rings. The molecule has 0 unspecified atom stereocenters. The summed E-state index contributed by atoms with van der Waals surface area (Å²) >= 11 is 0. The zero-order valence-corrected chi connectivity index (χ0v) is 18.3. The van der Waals surface area contributed by atoms with Gasteiger partial charge >= 0.3 is 0 Å². The first-order chi connectivity index (χ1) is 13.7. The zero-order valence-electron chi connectivity index (χ0n) is 17.5. The van der Waals surface area contributed by atoms with Gasteiger partial charge in [0.25, 0.3) is 5.69 Å². The summed E-state index contributed by atoms with van der Waals surface area (Å²) < 4.78 is 26.7. The number of rotatable bonds is 8. The molecule has 10 heteroatoms. The van der Waals surface area contributed by atoms with E-state index in [2.05, 4.69) is 0 Å². The molecule has 0 aliphatic carbocycles. The van der Waals surface area contributed by atoms with Crippen molar-refractivity contribution in [3.05, 3.63) is 28.3 Å². The summed E-state index contributed by atoms with van der Waals surface area (Å²) in [5.41, 5.74) is 0.143. The maximum absolute atomic E-state index is 12.7. The van der Waals surface area contributed by atoms with Gasteiger partial charge in [-0.2, -0.15) is 4.31 Å². The molecular weight excluding hydrogens is 396 g/mol. The number of hydrogen-bond acceptors (Lipinski definition) is 6. The Morgan fingerprint density at radius 1 is 1.17 bits per heavy atom. The van der Waals surface area contributed by atoms with E-state index in [4.69, 9.17) is 0 Å². The molecule has 0 saturated carbocycles. The molecule has 0 bridgehead atoms. The third-order valence-electron chi connectivity index (χ3n) is 5.45. The van der Waals surface area contributed by atoms with Gasteiger partial charge in [0.15, 0.2) is 0 Å². The van der Waals surface area contributed by atoms with Gasteiger partial charge < -0.3 is 9.80 Å². The third-order valence-corrected chi connectivity index (χ3v) is 7.50. The second kappa shape index (κ2) is 9.53. The van der Waals surface area contributed by atoms with Crippen molar-refractivity contribution >= 4 is 27.3 Å². The molecule has 0 aromatic heterocycles. The third kappa shape index (κ3) is 4.87. The summed E-state index contributed by atoms with van der Waals surface area (Å²) in [5, 5.41) is 11.7. The van der Waals surface area contributed by atoms with Crippen LogP contribution in [-0.4, -0.2) is 67.7 Å². The molecule has 0 spiro atoms. The first kappa shape index (κ1) is 23.1. The predicted octanol–water partition coefficient (Wildman–Crippen LogP) is 2.32. The van der Waals surface area contributed by atoms with E-state index in [1.807, 2.05) is 18.7 Å². The van der Waals surface area contributed by atoms with Crippen molar-refractivity contribution in [3.63, 3.8) is 0 Å². The quantitative estimate of drug-likeness (QED) is 0.467. The number of benzene rings is 1. The Morgan fingerprint density at radius 3 is 2.24 bits per heavy atom. The van der Waals surface area contributed by atoms with Gasteiger partial charge in [-0.25, -0.2) is 8.42 Å². The van der Waals surface area contributed by atoms with E-state index in [0.29, 0.717) is 45.0 Å². The molecule has 1 fully saturated rings. The highest BCUT2D eigenvalue weighted by Gasteiger charge is 2.30. The fraction of sp³-hybridized carbons (Fsp3) is 0.632. The van der Waals surface area contributed by atoms with Crippen molar-refractivity contribution in [3.8, 4) is 0 Å². The number of anilines is 1. The van der Waals surface area contributed by atoms with Crippen LogP contribution in [0.5, 0.6) is 0 Å². The van der Waals surface area contributed by atoms with Crippen LogP contribution in [0.3, 0.4) is 0 Å². The number of carbonyl (C=O) groups is 1. The second-order valence-electron chi connectivity index (χ2n) is 7.12. The van der Waals surface area contributed by atoms with Gasteiger partial charge in [-0.05, 0) is 18.6 Å². The van der Waals surface area contributed by atoms with Crippen LogP contribution in [0.25, 0.3) is 0 Å². The lowest BCUT2D eigenvalue weighted by Gasteiger charge is -2.37. The molecule has 1 heterocycles. The fourth-order valence-electron chi connectivity index (χ4n) is 3.44. The monoisotopic (exact) mass is 426 g/mol. The number of nitro groups is 1. The fourth-order valence-corrected chi connectivity index (χ4v) is 4.92. The van der Waals surface area contributed by atoms with Gasteiger partial charge in [0.05, 0.1) is 9.82 Å². The van der Waals surface area contributed by atoms with Crippen LogP contribution < -0.4 is 4.90 Å². The molecule has 1 atom stereocenters. The SMILES string of the molecule is CC[C@@H](C)C(=O)N1CCN(c2ccc(S(=O)(=O)N(CC)CC)cc2[N+](=O)[O-])CC1. The Morgan fingerprint density at radius 2 is 1.76 bits per heavy atom. The normalized spacial score (nSPS) is 16.2. The first-order valence-corrected chi connectivity index (χ1v) is 11.4. The van der Waals surface area contributed by atoms with Crippen LogP contribution >= 0.6 is 0 Å². The van der Waals surface area contributed by atoms with Crippen molar-refractivity contribution in [2.45, 2.75) is 39.0 Å². The van der Waals surface area contributed by atoms with Gasteiger partial charge in [0.1, 0.15) is 5.69 Å². The number of nitrogens with zero attached hydrogens (tertiary/aromatic N) is 4. The maximum Gasteiger partial charge on any atom is 0.293 e. The minimum atomic E-state index is -3.78. The number of nitro benzene ring substituents is 1. The van der Waals surface area contributed by atoms with Crippen LogP contribution in [-0.2, 0) is 14.8 Å². The Bertz CT molecular complexity index is 846. The van der Waals surface area contributed by atoms with Crippen molar-refractivity contribution in [1.29, 1.82) is 0 Å². The van der Waals surface area contributed by atoms with Gasteiger partial charge in [0, 0.05) is 51.3 Å². The molecule has 29 heavy (non-hydrogen) atoms. The lowest BCUT2D eigenvalue weighted by molar-refractivity contribution is -0.384. The Balaban J connectivity index is 2.27. The highest BCUT2D eigenvalue weighted by atomic mass is 32.2. The van der Waals surface area contributed by atoms with E-state index >= 15 is 0 Å². The number of sulfonamides is 1. The van der Waals surface area contributed by atoms with Gasteiger partial charge in [-0.1, -0.05) is 27.7 Å². The molecular formula is C19H30N4O5S. The van der Waals surface area contributed by atoms with Crippen LogP contribution in [0, 0.1) is 16.0 Å². The van der Waals surface area contributed by atoms with E-state index < -0.39 is 14.9 Å². The topological polar surface area (TPSA) is 104 Å². The highest BCUT2D eigenvalue weighted by Crippen LogP contribution is 2.32. The van der Waals surface area contributed by atoms with Crippen molar-refractivity contribution in [2.24, 2.45) is 5.92 Å². The summed E-state index contributed by atoms with van der Waals surface area (Å²) in [4.78, 5) is 27.0. The van der Waals surface area contributed by atoms with Crippen molar-refractivity contribution in [1.82, 2.24) is 9.21 Å². The molecule has 1 amide bonds. The maximum atomic E-state index is 12.7. The Kier molecular flexibility index (Phi) is 7.59. The summed E-state index contributed by atoms with van der Waals surface area (Å²) in [6.45, 7) is 9.80. The number of hydrogen-bond donors (Lipinski definition) is 0. The minimum absolute atomic E-state index is 0.0412. The Labute approximate surface area is 172 Å². The molecule has 1 aliphatic heterocycles. The first-order valence-electron chi connectivity index (χ1n) is 9.99. The number of piperazine rings is 1. The molecule has 1 saturated heterocycles. The summed E-state index contributed by atoms with van der Waals surface area (Å²) in [5.74, 6) is 0.0581. The van der Waals surface area contributed by atoms with Crippen LogP contribution in [0.1, 0.15) is 34.1 Å². The van der Waals surface area contributed by atoms with Gasteiger partial charge in [-0.15, -0.1) is 0 Å². The largest absolute Gasteiger partial charge is 0.362 e. The smallest absolute Gasteiger partial charge is 0.293 e. The van der Waals surface area contributed by atoms with E-state index in [0.717, 1.165) is 12.5 Å². The molecule has 162 valence electrons. The average molecular weight is 427 g/mol. The standard InChI is InChI=1S/C19H30N4O5S/c1-5-15(4)19(24)21-12-10-20(11-13-21)17-9-8-16(14-18(17)23(25)26)29(27,28)22(6-2)7-3/h8-9,14-15H,5-7,10-13H2,1-4H3/t15-/m1/s1. The van der Waals surface area contributed by atoms with Crippen molar-refractivity contribution in [2.75, 3.05) is 44.2 Å². The molecule has 0 N–H and O–H groups in total. The van der Waals surface area contributed by atoms with E-state index in [9.17, 15) is 23.3 Å². The molecule has 0 radical (unpaired) electrons. The molecule has 1 aromatic carbocycles. The van der Waals surface area contributed by atoms with Gasteiger partial charge in [-0.3, -0.25) is 14.9 Å². The minimum Gasteiger partial charge on any atom is -0.362 e. The molecule has 2 rings (SSSR count). The van der Waals surface area contributed by atoms with E-state index in [-0.39, 0.29) is 22.4 Å². The average Bonchev–Trinajstić information content (AvgIpc) is 2.72. The summed E-state index contributed by atoms with van der Waals surface area (Å²) in [6, 6.07) is 4.06. The predicted molar refractivity (Wildman–Crippen MR) is 111 cm³/mol. The zero-order chi connectivity index (χ0) is 21.8. The van der Waals surface area contributed by atoms with Crippen LogP contribution in [0.15, 0.2) is 23.1 Å². The molecule has 1 aromatic rings. The number of amides is 1. The van der Waals surface area contributed by atoms with E-state index in [1.165, 1.54) is 16.4 Å². The van der Waals surface area contributed by atoms with Crippen molar-refractivity contribution < 1.29 is 18.1 Å². The van der Waals surface area contributed by atoms with Gasteiger partial charge in [0.2, 0.25) is 15.9 Å². The van der Waals surface area contributed by atoms with E-state index in [1.54, 1.807) is 18.7 Å². The number of carbonyl (C=O) groups excluding carboxylic acids is 1. The summed E-state index contributed by atoms with van der Waals surface area (Å²) in [7, 11) is -3.78. The van der Waals surface area contributed by atoms with Crippen LogP contribution in [0.4, 0.5) is 11.4 Å².